The van der Waals surface area contributed by atoms with Gasteiger partial charge in [0.05, 0.1) is 42.0 Å². The van der Waals surface area contributed by atoms with Crippen molar-refractivity contribution in [2.45, 2.75) is 47.5 Å². The van der Waals surface area contributed by atoms with Crippen LogP contribution in [0.3, 0.4) is 0 Å². The topological polar surface area (TPSA) is 54.0 Å². The Bertz CT molecular complexity index is 461. The molecule has 0 atom stereocenters. The van der Waals surface area contributed by atoms with Gasteiger partial charge in [0.1, 0.15) is 18.6 Å². The zero-order valence-corrected chi connectivity index (χ0v) is 21.1. The third kappa shape index (κ3) is 15.5. The van der Waals surface area contributed by atoms with Gasteiger partial charge in [-0.25, -0.2) is 0 Å². The minimum atomic E-state index is 0.414. The van der Waals surface area contributed by atoms with Crippen molar-refractivity contribution >= 4 is 38.1 Å². The smallest absolute Gasteiger partial charge is 0.150 e. The minimum Gasteiger partial charge on any atom is -0.489 e. The van der Waals surface area contributed by atoms with E-state index < -0.39 is 0 Å². The largest absolute Gasteiger partial charge is 0.489 e. The molecule has 164 valence electrons. The number of carbonyl (C=O) groups excluding carboxylic acids is 1. The van der Waals surface area contributed by atoms with Crippen LogP contribution in [0.1, 0.15) is 57.8 Å². The van der Waals surface area contributed by atoms with Gasteiger partial charge < -0.3 is 18.9 Å². The first-order valence-electron chi connectivity index (χ1n) is 9.99. The lowest BCUT2D eigenvalue weighted by atomic mass is 10.2. The molecular weight excluding hydrogens is 492 g/mol. The zero-order valence-electron chi connectivity index (χ0n) is 17.9. The van der Waals surface area contributed by atoms with Gasteiger partial charge in [0.2, 0.25) is 0 Å². The summed E-state index contributed by atoms with van der Waals surface area (Å²) in [5.74, 6) is 0.657. The molecule has 0 saturated heterocycles. The van der Waals surface area contributed by atoms with Crippen molar-refractivity contribution in [3.05, 3.63) is 26.6 Å². The Labute approximate surface area is 187 Å². The Kier molecular flexibility index (Phi) is 24.2. The minimum absolute atomic E-state index is 0.414. The molecule has 0 spiro atoms. The second-order valence-electron chi connectivity index (χ2n) is 4.97. The van der Waals surface area contributed by atoms with E-state index in [1.54, 1.807) is 12.1 Å². The maximum atomic E-state index is 10.8. The fourth-order valence-electron chi connectivity index (χ4n) is 1.78. The first-order valence-corrected chi connectivity index (χ1v) is 11.6. The van der Waals surface area contributed by atoms with E-state index in [1.165, 1.54) is 0 Å². The van der Waals surface area contributed by atoms with Crippen molar-refractivity contribution in [2.24, 2.45) is 0 Å². The molecule has 0 heterocycles. The number of hydrogen-bond acceptors (Lipinski definition) is 5. The number of unbranched alkanes of at least 4 members (excludes halogenated alkanes) is 1. The van der Waals surface area contributed by atoms with Crippen molar-refractivity contribution in [3.63, 3.8) is 0 Å². The summed E-state index contributed by atoms with van der Waals surface area (Å²) in [7, 11) is 0. The second kappa shape index (κ2) is 22.8. The first kappa shape index (κ1) is 29.7. The predicted octanol–water partition coefficient (Wildman–Crippen LogP) is 6.31. The Morgan fingerprint density at radius 1 is 0.786 bits per heavy atom. The number of aldehydes is 1. The van der Waals surface area contributed by atoms with Gasteiger partial charge in [-0.15, -0.1) is 0 Å². The van der Waals surface area contributed by atoms with Gasteiger partial charge in [-0.05, 0) is 50.4 Å². The van der Waals surface area contributed by atoms with Crippen LogP contribution in [0.5, 0.6) is 5.75 Å². The maximum absolute atomic E-state index is 10.8. The van der Waals surface area contributed by atoms with Crippen LogP contribution in [0, 0.1) is 0 Å². The second-order valence-corrected chi connectivity index (χ2v) is 6.68. The summed E-state index contributed by atoms with van der Waals surface area (Å²) >= 11 is 6.77. The third-order valence-electron chi connectivity index (χ3n) is 3.02. The van der Waals surface area contributed by atoms with Crippen LogP contribution in [-0.2, 0) is 14.2 Å². The molecule has 28 heavy (non-hydrogen) atoms. The maximum Gasteiger partial charge on any atom is 0.150 e. The van der Waals surface area contributed by atoms with Gasteiger partial charge >= 0.3 is 0 Å². The van der Waals surface area contributed by atoms with E-state index in [4.69, 9.17) is 18.9 Å². The first-order chi connectivity index (χ1) is 13.7. The standard InChI is InChI=1S/C17H24Br2O5.2C2H6/c1-2-3-4-21-5-6-22-7-8-23-9-10-24-17-15(18)11-14(13-20)12-16(17)19;2*1-2/h11-13H,2-10H2,1H3;2*1-2H3. The fourth-order valence-corrected chi connectivity index (χ4v) is 3.23. The average Bonchev–Trinajstić information content (AvgIpc) is 2.73. The molecule has 0 bridgehead atoms. The number of hydrogen-bond donors (Lipinski definition) is 0. The molecule has 1 rings (SSSR count). The van der Waals surface area contributed by atoms with Crippen LogP contribution in [0.25, 0.3) is 0 Å². The van der Waals surface area contributed by atoms with Gasteiger partial charge in [0.25, 0.3) is 0 Å². The van der Waals surface area contributed by atoms with Gasteiger partial charge in [0, 0.05) is 12.2 Å². The van der Waals surface area contributed by atoms with Crippen molar-refractivity contribution in [1.82, 2.24) is 0 Å². The van der Waals surface area contributed by atoms with Gasteiger partial charge in [0.15, 0.2) is 0 Å². The van der Waals surface area contributed by atoms with E-state index in [0.717, 1.165) is 34.7 Å². The van der Waals surface area contributed by atoms with Gasteiger partial charge in [-0.2, -0.15) is 0 Å². The highest BCUT2D eigenvalue weighted by Gasteiger charge is 2.08. The molecular formula is C21H36Br2O5. The summed E-state index contributed by atoms with van der Waals surface area (Å²) in [5.41, 5.74) is 0.577. The lowest BCUT2D eigenvalue weighted by molar-refractivity contribution is 0.00887. The van der Waals surface area contributed by atoms with E-state index in [2.05, 4.69) is 38.8 Å². The molecule has 5 nitrogen and oxygen atoms in total. The summed E-state index contributed by atoms with van der Waals surface area (Å²) in [5, 5.41) is 0. The molecule has 0 aromatic heterocycles. The summed E-state index contributed by atoms with van der Waals surface area (Å²) in [6.45, 7) is 14.1. The SMILES string of the molecule is CC.CC.CCCCOCCOCCOCCOc1c(Br)cc(C=O)cc1Br. The quantitative estimate of drug-likeness (QED) is 0.210. The van der Waals surface area contributed by atoms with Crippen LogP contribution in [0.2, 0.25) is 0 Å². The van der Waals surface area contributed by atoms with E-state index in [-0.39, 0.29) is 0 Å². The molecule has 0 unspecified atom stereocenters. The molecule has 0 radical (unpaired) electrons. The monoisotopic (exact) mass is 526 g/mol. The van der Waals surface area contributed by atoms with Crippen LogP contribution < -0.4 is 4.74 Å². The molecule has 1 aromatic rings. The Hall–Kier alpha value is -0.470. The number of halogens is 2. The molecule has 0 saturated carbocycles. The van der Waals surface area contributed by atoms with Crippen molar-refractivity contribution in [1.29, 1.82) is 0 Å². The summed E-state index contributed by atoms with van der Waals surface area (Å²) in [4.78, 5) is 10.8. The molecule has 0 N–H and O–H groups in total. The average molecular weight is 528 g/mol. The van der Waals surface area contributed by atoms with Crippen LogP contribution in [0.4, 0.5) is 0 Å². The highest BCUT2D eigenvalue weighted by Crippen LogP contribution is 2.34. The number of ether oxygens (including phenoxy) is 4. The van der Waals surface area contributed by atoms with Crippen molar-refractivity contribution in [2.75, 3.05) is 46.2 Å². The summed E-state index contributed by atoms with van der Waals surface area (Å²) in [6, 6.07) is 3.43. The molecule has 0 amide bonds. The fraction of sp³-hybridized carbons (Fsp3) is 0.667. The lowest BCUT2D eigenvalue weighted by Crippen LogP contribution is -2.13. The van der Waals surface area contributed by atoms with Crippen LogP contribution in [0.15, 0.2) is 21.1 Å². The van der Waals surface area contributed by atoms with Gasteiger partial charge in [-0.1, -0.05) is 41.0 Å². The van der Waals surface area contributed by atoms with E-state index in [1.807, 2.05) is 27.7 Å². The van der Waals surface area contributed by atoms with Gasteiger partial charge in [-0.3, -0.25) is 4.79 Å². The van der Waals surface area contributed by atoms with E-state index in [9.17, 15) is 4.79 Å². The van der Waals surface area contributed by atoms with Crippen LogP contribution >= 0.6 is 31.9 Å². The zero-order chi connectivity index (χ0) is 21.6. The lowest BCUT2D eigenvalue weighted by Gasteiger charge is -2.11. The predicted molar refractivity (Wildman–Crippen MR) is 123 cm³/mol. The number of rotatable bonds is 14. The molecule has 1 aromatic carbocycles. The number of benzene rings is 1. The van der Waals surface area contributed by atoms with E-state index >= 15 is 0 Å². The Morgan fingerprint density at radius 3 is 1.64 bits per heavy atom. The van der Waals surface area contributed by atoms with Crippen molar-refractivity contribution in [3.8, 4) is 5.75 Å². The highest BCUT2D eigenvalue weighted by atomic mass is 79.9. The highest BCUT2D eigenvalue weighted by molar-refractivity contribution is 9.11. The van der Waals surface area contributed by atoms with E-state index in [0.29, 0.717) is 51.0 Å². The van der Waals surface area contributed by atoms with Crippen LogP contribution in [-0.4, -0.2) is 52.5 Å². The third-order valence-corrected chi connectivity index (χ3v) is 4.20. The molecule has 0 aliphatic rings. The summed E-state index contributed by atoms with van der Waals surface area (Å²) in [6.07, 6.45) is 3.02. The molecule has 7 heteroatoms. The molecule has 0 aliphatic heterocycles. The Balaban J connectivity index is 0. The summed E-state index contributed by atoms with van der Waals surface area (Å²) < 4.78 is 23.4. The normalized spacial score (nSPS) is 9.68. The molecule has 0 fully saturated rings. The van der Waals surface area contributed by atoms with Crippen molar-refractivity contribution < 1.29 is 23.7 Å². The Morgan fingerprint density at radius 2 is 1.21 bits per heavy atom. The number of carbonyl (C=O) groups is 1. The molecule has 0 aliphatic carbocycles.